The van der Waals surface area contributed by atoms with Gasteiger partial charge in [-0.05, 0) is 62.8 Å². The first kappa shape index (κ1) is 15.1. The second-order valence-corrected chi connectivity index (χ2v) is 7.48. The number of halogens is 1. The fourth-order valence-corrected chi connectivity index (χ4v) is 4.35. The number of rotatable bonds is 3. The van der Waals surface area contributed by atoms with Crippen LogP contribution in [0.5, 0.6) is 0 Å². The molecule has 1 amide bonds. The lowest BCUT2D eigenvalue weighted by Gasteiger charge is -2.45. The maximum Gasteiger partial charge on any atom is 0.225 e. The zero-order valence-electron chi connectivity index (χ0n) is 13.6. The van der Waals surface area contributed by atoms with Crippen molar-refractivity contribution in [2.75, 3.05) is 19.6 Å². The van der Waals surface area contributed by atoms with Crippen LogP contribution in [-0.2, 0) is 11.3 Å². The molecule has 2 heterocycles. The topological polar surface area (TPSA) is 23.6 Å². The Balaban J connectivity index is 1.41. The summed E-state index contributed by atoms with van der Waals surface area (Å²) >= 11 is 0. The van der Waals surface area contributed by atoms with Gasteiger partial charge in [0.1, 0.15) is 5.82 Å². The van der Waals surface area contributed by atoms with Crippen molar-refractivity contribution in [2.24, 2.45) is 5.92 Å². The van der Waals surface area contributed by atoms with Crippen molar-refractivity contribution in [1.82, 2.24) is 9.80 Å². The maximum absolute atomic E-state index is 13.1. The molecule has 2 aliphatic heterocycles. The highest BCUT2D eigenvalue weighted by atomic mass is 19.1. The molecule has 1 spiro atoms. The van der Waals surface area contributed by atoms with Crippen LogP contribution in [0.4, 0.5) is 4.39 Å². The number of amides is 1. The van der Waals surface area contributed by atoms with Crippen molar-refractivity contribution in [3.05, 3.63) is 35.6 Å². The number of hydrogen-bond acceptors (Lipinski definition) is 2. The third-order valence-corrected chi connectivity index (χ3v) is 5.96. The van der Waals surface area contributed by atoms with E-state index in [1.165, 1.54) is 18.4 Å². The minimum atomic E-state index is -0.170. The van der Waals surface area contributed by atoms with Gasteiger partial charge in [0.2, 0.25) is 5.91 Å². The first-order valence-electron chi connectivity index (χ1n) is 8.95. The number of piperidine rings is 1. The molecule has 4 rings (SSSR count). The zero-order valence-corrected chi connectivity index (χ0v) is 13.6. The molecular formula is C19H25FN2O. The van der Waals surface area contributed by atoms with Crippen molar-refractivity contribution in [1.29, 1.82) is 0 Å². The summed E-state index contributed by atoms with van der Waals surface area (Å²) in [6.07, 6.45) is 6.84. The Morgan fingerprint density at radius 3 is 2.43 bits per heavy atom. The Labute approximate surface area is 137 Å². The summed E-state index contributed by atoms with van der Waals surface area (Å²) in [4.78, 5) is 16.9. The minimum absolute atomic E-state index is 0.170. The van der Waals surface area contributed by atoms with E-state index in [1.54, 1.807) is 12.1 Å². The molecule has 23 heavy (non-hydrogen) atoms. The highest BCUT2D eigenvalue weighted by molar-refractivity contribution is 5.81. The van der Waals surface area contributed by atoms with E-state index >= 15 is 0 Å². The predicted octanol–water partition coefficient (Wildman–Crippen LogP) is 3.19. The maximum atomic E-state index is 13.1. The van der Waals surface area contributed by atoms with Crippen molar-refractivity contribution >= 4 is 5.91 Å². The molecule has 2 saturated heterocycles. The van der Waals surface area contributed by atoms with E-state index in [4.69, 9.17) is 0 Å². The Morgan fingerprint density at radius 1 is 1.09 bits per heavy atom. The van der Waals surface area contributed by atoms with E-state index in [2.05, 4.69) is 9.80 Å². The molecular weight excluding hydrogens is 291 g/mol. The van der Waals surface area contributed by atoms with Crippen LogP contribution in [0.2, 0.25) is 0 Å². The Kier molecular flexibility index (Phi) is 3.88. The molecule has 1 aliphatic carbocycles. The van der Waals surface area contributed by atoms with Crippen molar-refractivity contribution in [2.45, 2.75) is 50.6 Å². The van der Waals surface area contributed by atoms with Crippen LogP contribution in [0.25, 0.3) is 0 Å². The highest BCUT2D eigenvalue weighted by Gasteiger charge is 2.45. The molecule has 1 aromatic carbocycles. The molecule has 3 nitrogen and oxygen atoms in total. The van der Waals surface area contributed by atoms with Gasteiger partial charge in [0.25, 0.3) is 0 Å². The fourth-order valence-electron chi connectivity index (χ4n) is 4.35. The van der Waals surface area contributed by atoms with Crippen LogP contribution in [0, 0.1) is 11.7 Å². The summed E-state index contributed by atoms with van der Waals surface area (Å²) in [5.41, 5.74) is 1.44. The van der Waals surface area contributed by atoms with Gasteiger partial charge in [-0.15, -0.1) is 0 Å². The summed E-state index contributed by atoms with van der Waals surface area (Å²) in [7, 11) is 0. The van der Waals surface area contributed by atoms with E-state index in [9.17, 15) is 9.18 Å². The van der Waals surface area contributed by atoms with Crippen molar-refractivity contribution in [3.8, 4) is 0 Å². The number of benzene rings is 1. The Hall–Kier alpha value is -1.42. The summed E-state index contributed by atoms with van der Waals surface area (Å²) in [6, 6.07) is 6.89. The Morgan fingerprint density at radius 2 is 1.78 bits per heavy atom. The van der Waals surface area contributed by atoms with Gasteiger partial charge in [0.05, 0.1) is 0 Å². The molecule has 1 aromatic rings. The van der Waals surface area contributed by atoms with Crippen LogP contribution < -0.4 is 0 Å². The van der Waals surface area contributed by atoms with Gasteiger partial charge in [-0.2, -0.15) is 0 Å². The van der Waals surface area contributed by atoms with Gasteiger partial charge in [0, 0.05) is 31.1 Å². The zero-order chi connectivity index (χ0) is 15.9. The van der Waals surface area contributed by atoms with E-state index in [0.717, 1.165) is 51.9 Å². The van der Waals surface area contributed by atoms with E-state index in [-0.39, 0.29) is 11.4 Å². The summed E-state index contributed by atoms with van der Waals surface area (Å²) in [6.45, 7) is 3.84. The second-order valence-electron chi connectivity index (χ2n) is 7.48. The number of likely N-dealkylation sites (tertiary alicyclic amines) is 2. The summed E-state index contributed by atoms with van der Waals surface area (Å²) in [5.74, 6) is 0.558. The lowest BCUT2D eigenvalue weighted by Crippen LogP contribution is -2.53. The van der Waals surface area contributed by atoms with Gasteiger partial charge in [-0.25, -0.2) is 4.39 Å². The quantitative estimate of drug-likeness (QED) is 0.855. The molecule has 0 radical (unpaired) electrons. The Bertz CT molecular complexity index is 574. The average Bonchev–Trinajstić information content (AvgIpc) is 3.35. The molecule has 0 unspecified atom stereocenters. The van der Waals surface area contributed by atoms with Crippen LogP contribution in [0.15, 0.2) is 24.3 Å². The van der Waals surface area contributed by atoms with Crippen LogP contribution in [-0.4, -0.2) is 40.9 Å². The highest BCUT2D eigenvalue weighted by Crippen LogP contribution is 2.40. The molecule has 1 saturated carbocycles. The SMILES string of the molecule is O=C(C1CC1)N1CCC2(CCCN2Cc2ccc(F)cc2)CC1. The lowest BCUT2D eigenvalue weighted by molar-refractivity contribution is -0.135. The van der Waals surface area contributed by atoms with Crippen molar-refractivity contribution < 1.29 is 9.18 Å². The van der Waals surface area contributed by atoms with Crippen molar-refractivity contribution in [3.63, 3.8) is 0 Å². The molecule has 124 valence electrons. The molecule has 3 fully saturated rings. The van der Waals surface area contributed by atoms with E-state index in [1.807, 2.05) is 12.1 Å². The summed E-state index contributed by atoms with van der Waals surface area (Å²) in [5, 5.41) is 0. The average molecular weight is 316 g/mol. The van der Waals surface area contributed by atoms with E-state index in [0.29, 0.717) is 11.8 Å². The first-order chi connectivity index (χ1) is 11.2. The fraction of sp³-hybridized carbons (Fsp3) is 0.632. The molecule has 0 atom stereocenters. The molecule has 0 bridgehead atoms. The minimum Gasteiger partial charge on any atom is -0.342 e. The largest absolute Gasteiger partial charge is 0.342 e. The smallest absolute Gasteiger partial charge is 0.225 e. The van der Waals surface area contributed by atoms with Gasteiger partial charge in [0.15, 0.2) is 0 Å². The van der Waals surface area contributed by atoms with Crippen LogP contribution in [0.1, 0.15) is 44.1 Å². The molecule has 0 N–H and O–H groups in total. The van der Waals surface area contributed by atoms with E-state index < -0.39 is 0 Å². The first-order valence-corrected chi connectivity index (χ1v) is 8.95. The van der Waals surface area contributed by atoms with Crippen LogP contribution >= 0.6 is 0 Å². The standard InChI is InChI=1S/C19H25FN2O/c20-17-6-2-15(3-7-17)14-22-11-1-8-19(22)9-12-21(13-10-19)18(23)16-4-5-16/h2-3,6-7,16H,1,4-5,8-14H2. The van der Waals surface area contributed by atoms with Gasteiger partial charge in [-0.1, -0.05) is 12.1 Å². The predicted molar refractivity (Wildman–Crippen MR) is 87.3 cm³/mol. The second kappa shape index (κ2) is 5.90. The number of hydrogen-bond donors (Lipinski definition) is 0. The molecule has 3 aliphatic rings. The third kappa shape index (κ3) is 3.01. The lowest BCUT2D eigenvalue weighted by atomic mass is 9.84. The monoisotopic (exact) mass is 316 g/mol. The third-order valence-electron chi connectivity index (χ3n) is 5.96. The summed E-state index contributed by atoms with van der Waals surface area (Å²) < 4.78 is 13.1. The normalized spacial score (nSPS) is 24.3. The van der Waals surface area contributed by atoms with Gasteiger partial charge >= 0.3 is 0 Å². The number of carbonyl (C=O) groups excluding carboxylic acids is 1. The van der Waals surface area contributed by atoms with Gasteiger partial charge < -0.3 is 4.90 Å². The number of nitrogens with zero attached hydrogens (tertiary/aromatic N) is 2. The molecule has 4 heteroatoms. The molecule has 0 aromatic heterocycles. The van der Waals surface area contributed by atoms with Crippen LogP contribution in [0.3, 0.4) is 0 Å². The number of carbonyl (C=O) groups is 1. The van der Waals surface area contributed by atoms with Gasteiger partial charge in [-0.3, -0.25) is 9.69 Å².